The van der Waals surface area contributed by atoms with Gasteiger partial charge in [0.25, 0.3) is 0 Å². The van der Waals surface area contributed by atoms with Gasteiger partial charge in [0.05, 0.1) is 12.1 Å². The maximum absolute atomic E-state index is 11.7. The van der Waals surface area contributed by atoms with Crippen molar-refractivity contribution in [1.29, 1.82) is 0 Å². The van der Waals surface area contributed by atoms with Gasteiger partial charge in [0.2, 0.25) is 0 Å². The Morgan fingerprint density at radius 3 is 2.78 bits per heavy atom. The molecule has 0 spiro atoms. The number of hydrogen-bond acceptors (Lipinski definition) is 5. The van der Waals surface area contributed by atoms with Gasteiger partial charge >= 0.3 is 11.4 Å². The van der Waals surface area contributed by atoms with Crippen LogP contribution in [0.1, 0.15) is 5.56 Å². The first-order valence-corrected chi connectivity index (χ1v) is 6.14. The van der Waals surface area contributed by atoms with Gasteiger partial charge in [-0.3, -0.25) is 9.55 Å². The van der Waals surface area contributed by atoms with E-state index in [-0.39, 0.29) is 0 Å². The fraction of sp³-hybridized carbons (Fsp3) is 0.0833. The standard InChI is InChI=1S/C12H8N2O3S/c15-11-10-9(3-6-18-10)14(12(16)17-11)7-8-1-4-13-5-2-8/h1-6H,7H2. The molecule has 0 bridgehead atoms. The molecule has 5 nitrogen and oxygen atoms in total. The number of nitrogens with zero attached hydrogens (tertiary/aromatic N) is 2. The van der Waals surface area contributed by atoms with Crippen molar-refractivity contribution in [3.05, 3.63) is 62.5 Å². The topological polar surface area (TPSA) is 65.1 Å². The number of hydrogen-bond donors (Lipinski definition) is 0. The molecule has 0 saturated heterocycles. The van der Waals surface area contributed by atoms with E-state index >= 15 is 0 Å². The predicted molar refractivity (Wildman–Crippen MR) is 68.0 cm³/mol. The molecule has 0 atom stereocenters. The van der Waals surface area contributed by atoms with Gasteiger partial charge in [-0.2, -0.15) is 0 Å². The average Bonchev–Trinajstić information content (AvgIpc) is 2.85. The molecule has 3 aromatic heterocycles. The number of rotatable bonds is 2. The maximum atomic E-state index is 11.7. The normalized spacial score (nSPS) is 10.9. The lowest BCUT2D eigenvalue weighted by atomic mass is 10.2. The van der Waals surface area contributed by atoms with E-state index in [2.05, 4.69) is 4.98 Å². The smallest absolute Gasteiger partial charge is 0.371 e. The summed E-state index contributed by atoms with van der Waals surface area (Å²) in [5.74, 6) is -0.636. The Kier molecular flexibility index (Phi) is 2.56. The van der Waals surface area contributed by atoms with Crippen molar-refractivity contribution in [2.45, 2.75) is 6.54 Å². The highest BCUT2D eigenvalue weighted by atomic mass is 32.1. The molecule has 18 heavy (non-hydrogen) atoms. The fourth-order valence-electron chi connectivity index (χ4n) is 1.77. The average molecular weight is 260 g/mol. The zero-order valence-electron chi connectivity index (χ0n) is 9.20. The lowest BCUT2D eigenvalue weighted by molar-refractivity contribution is 0.426. The van der Waals surface area contributed by atoms with Crippen molar-refractivity contribution in [3.63, 3.8) is 0 Å². The zero-order chi connectivity index (χ0) is 12.5. The Morgan fingerprint density at radius 1 is 1.22 bits per heavy atom. The third-order valence-corrected chi connectivity index (χ3v) is 3.49. The molecule has 0 saturated carbocycles. The van der Waals surface area contributed by atoms with E-state index < -0.39 is 11.4 Å². The van der Waals surface area contributed by atoms with Crippen molar-refractivity contribution >= 4 is 21.6 Å². The molecule has 0 N–H and O–H groups in total. The summed E-state index contributed by atoms with van der Waals surface area (Å²) in [6.07, 6.45) is 3.31. The Morgan fingerprint density at radius 2 is 2.00 bits per heavy atom. The number of pyridine rings is 1. The Labute approximate surface area is 105 Å². The molecule has 0 aliphatic heterocycles. The fourth-order valence-corrected chi connectivity index (χ4v) is 2.54. The largest absolute Gasteiger partial charge is 0.422 e. The van der Waals surface area contributed by atoms with Crippen LogP contribution >= 0.6 is 11.3 Å². The quantitative estimate of drug-likeness (QED) is 0.699. The highest BCUT2D eigenvalue weighted by Crippen LogP contribution is 2.15. The van der Waals surface area contributed by atoms with Crippen LogP contribution in [0.4, 0.5) is 0 Å². The zero-order valence-corrected chi connectivity index (χ0v) is 10.0. The van der Waals surface area contributed by atoms with Gasteiger partial charge in [0.15, 0.2) is 0 Å². The van der Waals surface area contributed by atoms with Crippen LogP contribution < -0.4 is 11.4 Å². The van der Waals surface area contributed by atoms with Crippen LogP contribution in [0.25, 0.3) is 10.2 Å². The summed E-state index contributed by atoms with van der Waals surface area (Å²) in [5, 5.41) is 1.77. The van der Waals surface area contributed by atoms with Gasteiger partial charge in [-0.1, -0.05) is 0 Å². The van der Waals surface area contributed by atoms with Crippen LogP contribution in [0.15, 0.2) is 50.0 Å². The monoisotopic (exact) mass is 260 g/mol. The Balaban J connectivity index is 2.21. The van der Waals surface area contributed by atoms with Crippen LogP contribution in [-0.4, -0.2) is 9.55 Å². The highest BCUT2D eigenvalue weighted by Gasteiger charge is 2.10. The third-order valence-electron chi connectivity index (χ3n) is 2.61. The lowest BCUT2D eigenvalue weighted by Gasteiger charge is -2.05. The SMILES string of the molecule is O=c1oc(=O)n(Cc2ccncc2)c2ccsc12. The molecular weight excluding hydrogens is 252 g/mol. The molecular formula is C12H8N2O3S. The van der Waals surface area contributed by atoms with E-state index in [9.17, 15) is 9.59 Å². The van der Waals surface area contributed by atoms with Crippen molar-refractivity contribution < 1.29 is 4.42 Å². The predicted octanol–water partition coefficient (Wildman–Crippen LogP) is 1.46. The van der Waals surface area contributed by atoms with Crippen LogP contribution in [-0.2, 0) is 6.54 Å². The maximum Gasteiger partial charge on any atom is 0.422 e. The molecule has 3 heterocycles. The van der Waals surface area contributed by atoms with E-state index in [0.29, 0.717) is 16.8 Å². The number of fused-ring (bicyclic) bond motifs is 1. The van der Waals surface area contributed by atoms with Crippen molar-refractivity contribution in [3.8, 4) is 0 Å². The second-order valence-corrected chi connectivity index (χ2v) is 4.65. The summed E-state index contributed by atoms with van der Waals surface area (Å²) in [5.41, 5.74) is 0.961. The minimum atomic E-state index is -0.636. The van der Waals surface area contributed by atoms with Crippen LogP contribution in [0, 0.1) is 0 Å². The molecule has 3 aromatic rings. The number of aromatic nitrogens is 2. The van der Waals surface area contributed by atoms with E-state index in [0.717, 1.165) is 5.56 Å². The van der Waals surface area contributed by atoms with E-state index in [1.165, 1.54) is 15.9 Å². The summed E-state index contributed by atoms with van der Waals surface area (Å²) in [6, 6.07) is 5.38. The van der Waals surface area contributed by atoms with E-state index in [4.69, 9.17) is 4.42 Å². The first kappa shape index (κ1) is 10.9. The van der Waals surface area contributed by atoms with Gasteiger partial charge < -0.3 is 4.42 Å². The molecule has 3 rings (SSSR count). The summed E-state index contributed by atoms with van der Waals surface area (Å²) >= 11 is 1.27. The summed E-state index contributed by atoms with van der Waals surface area (Å²) in [6.45, 7) is 0.359. The molecule has 0 aliphatic carbocycles. The Hall–Kier alpha value is -2.21. The molecule has 0 aliphatic rings. The van der Waals surface area contributed by atoms with Crippen LogP contribution in [0.3, 0.4) is 0 Å². The first-order valence-electron chi connectivity index (χ1n) is 5.26. The Bertz CT molecular complexity index is 801. The molecule has 0 fully saturated rings. The van der Waals surface area contributed by atoms with Gasteiger partial charge in [-0.15, -0.1) is 11.3 Å². The van der Waals surface area contributed by atoms with Crippen molar-refractivity contribution in [2.24, 2.45) is 0 Å². The molecule has 0 amide bonds. The summed E-state index contributed by atoms with van der Waals surface area (Å²) in [7, 11) is 0. The molecule has 90 valence electrons. The van der Waals surface area contributed by atoms with Gasteiger partial charge in [-0.05, 0) is 29.1 Å². The van der Waals surface area contributed by atoms with Crippen LogP contribution in [0.2, 0.25) is 0 Å². The van der Waals surface area contributed by atoms with Gasteiger partial charge in [0, 0.05) is 12.4 Å². The van der Waals surface area contributed by atoms with Gasteiger partial charge in [0.1, 0.15) is 4.70 Å². The lowest BCUT2D eigenvalue weighted by Crippen LogP contribution is -2.24. The first-order chi connectivity index (χ1) is 8.75. The summed E-state index contributed by atoms with van der Waals surface area (Å²) in [4.78, 5) is 27.1. The molecule has 0 unspecified atom stereocenters. The van der Waals surface area contributed by atoms with Crippen molar-refractivity contribution in [2.75, 3.05) is 0 Å². The minimum Gasteiger partial charge on any atom is -0.371 e. The summed E-state index contributed by atoms with van der Waals surface area (Å²) < 4.78 is 6.61. The highest BCUT2D eigenvalue weighted by molar-refractivity contribution is 7.17. The van der Waals surface area contributed by atoms with E-state index in [1.807, 2.05) is 12.1 Å². The second kappa shape index (κ2) is 4.23. The molecule has 0 aromatic carbocycles. The number of thiophene rings is 1. The van der Waals surface area contributed by atoms with Crippen molar-refractivity contribution in [1.82, 2.24) is 9.55 Å². The second-order valence-electron chi connectivity index (χ2n) is 3.73. The molecule has 0 radical (unpaired) electrons. The molecule has 6 heteroatoms. The third kappa shape index (κ3) is 1.76. The van der Waals surface area contributed by atoms with E-state index in [1.54, 1.807) is 23.8 Å². The van der Waals surface area contributed by atoms with Gasteiger partial charge in [-0.25, -0.2) is 9.59 Å². The minimum absolute atomic E-state index is 0.359. The van der Waals surface area contributed by atoms with Crippen LogP contribution in [0.5, 0.6) is 0 Å².